The van der Waals surface area contributed by atoms with E-state index in [1.165, 1.54) is 6.20 Å². The van der Waals surface area contributed by atoms with Gasteiger partial charge in [0.2, 0.25) is 0 Å². The number of hydrogen-bond acceptors (Lipinski definition) is 5. The summed E-state index contributed by atoms with van der Waals surface area (Å²) in [5.41, 5.74) is 1.49. The maximum atomic E-state index is 13.7. The van der Waals surface area contributed by atoms with Gasteiger partial charge in [-0.05, 0) is 42.7 Å². The van der Waals surface area contributed by atoms with Crippen molar-refractivity contribution in [3.05, 3.63) is 54.4 Å². The van der Waals surface area contributed by atoms with Crippen molar-refractivity contribution in [2.24, 2.45) is 5.92 Å². The lowest BCUT2D eigenvalue weighted by Gasteiger charge is -2.25. The number of nitrogens with zero attached hydrogens (tertiary/aromatic N) is 2. The van der Waals surface area contributed by atoms with E-state index < -0.39 is 13.2 Å². The van der Waals surface area contributed by atoms with E-state index in [0.717, 1.165) is 12.1 Å². The van der Waals surface area contributed by atoms with Gasteiger partial charge in [0.1, 0.15) is 0 Å². The van der Waals surface area contributed by atoms with Crippen molar-refractivity contribution in [2.45, 2.75) is 26.1 Å². The molecule has 0 fully saturated rings. The van der Waals surface area contributed by atoms with Crippen molar-refractivity contribution in [1.29, 1.82) is 0 Å². The van der Waals surface area contributed by atoms with Crippen LogP contribution < -0.4 is 10.2 Å². The molecule has 1 aromatic heterocycles. The number of benzene rings is 1. The van der Waals surface area contributed by atoms with E-state index >= 15 is 0 Å². The fourth-order valence-electron chi connectivity index (χ4n) is 2.39. The molecule has 0 amide bonds. The molecular formula is C19H27N2O3P. The second-order valence-electron chi connectivity index (χ2n) is 6.68. The van der Waals surface area contributed by atoms with E-state index in [4.69, 9.17) is 4.52 Å². The third-order valence-corrected chi connectivity index (χ3v) is 6.53. The molecule has 0 saturated carbocycles. The van der Waals surface area contributed by atoms with Crippen molar-refractivity contribution in [2.75, 3.05) is 25.6 Å². The zero-order valence-corrected chi connectivity index (χ0v) is 16.2. The minimum absolute atomic E-state index is 0.335. The van der Waals surface area contributed by atoms with Gasteiger partial charge >= 0.3 is 0 Å². The zero-order valence-electron chi connectivity index (χ0n) is 15.3. The highest BCUT2D eigenvalue weighted by Crippen LogP contribution is 2.57. The molecule has 2 rings (SSSR count). The van der Waals surface area contributed by atoms with Crippen molar-refractivity contribution in [3.8, 4) is 0 Å². The molecule has 2 atom stereocenters. The Morgan fingerprint density at radius 3 is 2.40 bits per heavy atom. The lowest BCUT2D eigenvalue weighted by molar-refractivity contribution is 0.208. The molecule has 5 nitrogen and oxygen atoms in total. The van der Waals surface area contributed by atoms with Crippen molar-refractivity contribution < 1.29 is 14.2 Å². The minimum Gasteiger partial charge on any atom is -0.378 e. The fourth-order valence-corrected chi connectivity index (χ4v) is 4.45. The summed E-state index contributed by atoms with van der Waals surface area (Å²) >= 11 is 0. The molecule has 0 unspecified atom stereocenters. The van der Waals surface area contributed by atoms with Gasteiger partial charge in [-0.2, -0.15) is 0 Å². The number of aromatic nitrogens is 1. The van der Waals surface area contributed by atoms with Gasteiger partial charge in [-0.15, -0.1) is 0 Å². The van der Waals surface area contributed by atoms with Crippen LogP contribution in [0.5, 0.6) is 0 Å². The van der Waals surface area contributed by atoms with Crippen LogP contribution in [0.2, 0.25) is 0 Å². The molecule has 0 spiro atoms. The van der Waals surface area contributed by atoms with Crippen LogP contribution in [0.4, 0.5) is 5.69 Å². The summed E-state index contributed by atoms with van der Waals surface area (Å²) in [7, 11) is 0.391. The molecule has 0 aliphatic carbocycles. The molecular weight excluding hydrogens is 335 g/mol. The van der Waals surface area contributed by atoms with Crippen LogP contribution >= 0.6 is 7.37 Å². The molecule has 0 aliphatic rings. The highest BCUT2D eigenvalue weighted by molar-refractivity contribution is 7.67. The van der Waals surface area contributed by atoms with Gasteiger partial charge in [0, 0.05) is 43.0 Å². The standard InChI is InChI=1S/C19H27N2O3P/c1-15(2)11-13-24-25(23,19(22)16-6-5-12-20-14-16)18-9-7-17(8-10-18)21(3)4/h5-10,12,14-15,19,22H,11,13H2,1-4H3/t19-,25-/m0/s1. The van der Waals surface area contributed by atoms with Crippen LogP contribution in [0.25, 0.3) is 0 Å². The maximum Gasteiger partial charge on any atom is 0.264 e. The number of hydrogen-bond donors (Lipinski definition) is 1. The summed E-state index contributed by atoms with van der Waals surface area (Å²) in [5, 5.41) is 11.3. The quantitative estimate of drug-likeness (QED) is 0.724. The van der Waals surface area contributed by atoms with Gasteiger partial charge in [0.15, 0.2) is 5.85 Å². The van der Waals surface area contributed by atoms with E-state index in [1.54, 1.807) is 30.5 Å². The SMILES string of the molecule is CC(C)CCO[P@@](=O)(c1ccc(N(C)C)cc1)[C@H](O)c1cccnc1. The average molecular weight is 362 g/mol. The molecule has 1 heterocycles. The van der Waals surface area contributed by atoms with Crippen molar-refractivity contribution in [1.82, 2.24) is 4.98 Å². The van der Waals surface area contributed by atoms with E-state index in [0.29, 0.717) is 23.4 Å². The molecule has 0 bridgehead atoms. The largest absolute Gasteiger partial charge is 0.378 e. The Balaban J connectivity index is 2.35. The molecule has 136 valence electrons. The molecule has 0 radical (unpaired) electrons. The van der Waals surface area contributed by atoms with Crippen LogP contribution in [0.15, 0.2) is 48.8 Å². The Labute approximate surface area is 150 Å². The first-order chi connectivity index (χ1) is 11.8. The Bertz CT molecular complexity index is 702. The van der Waals surface area contributed by atoms with Crippen LogP contribution in [0.1, 0.15) is 31.7 Å². The predicted molar refractivity (Wildman–Crippen MR) is 103 cm³/mol. The Hall–Kier alpha value is -1.68. The van der Waals surface area contributed by atoms with Crippen LogP contribution in [-0.2, 0) is 9.09 Å². The van der Waals surface area contributed by atoms with Crippen molar-refractivity contribution >= 4 is 18.4 Å². The van der Waals surface area contributed by atoms with Crippen molar-refractivity contribution in [3.63, 3.8) is 0 Å². The van der Waals surface area contributed by atoms with Gasteiger partial charge in [-0.25, -0.2) is 0 Å². The highest BCUT2D eigenvalue weighted by Gasteiger charge is 2.36. The van der Waals surface area contributed by atoms with Crippen LogP contribution in [0.3, 0.4) is 0 Å². The second-order valence-corrected chi connectivity index (χ2v) is 9.14. The summed E-state index contributed by atoms with van der Waals surface area (Å²) in [6, 6.07) is 10.7. The van der Waals surface area contributed by atoms with Gasteiger partial charge in [0.25, 0.3) is 7.37 Å². The third-order valence-electron chi connectivity index (χ3n) is 4.01. The third kappa shape index (κ3) is 4.91. The van der Waals surface area contributed by atoms with Crippen LogP contribution in [-0.4, -0.2) is 30.8 Å². The molecule has 25 heavy (non-hydrogen) atoms. The molecule has 1 N–H and O–H groups in total. The van der Waals surface area contributed by atoms with Gasteiger partial charge in [-0.3, -0.25) is 9.55 Å². The van der Waals surface area contributed by atoms with E-state index in [2.05, 4.69) is 18.8 Å². The first-order valence-electron chi connectivity index (χ1n) is 8.45. The lowest BCUT2D eigenvalue weighted by Crippen LogP contribution is -2.17. The molecule has 6 heteroatoms. The normalized spacial score (nSPS) is 15.0. The smallest absolute Gasteiger partial charge is 0.264 e. The molecule has 0 aliphatic heterocycles. The lowest BCUT2D eigenvalue weighted by atomic mass is 10.2. The molecule has 1 aromatic carbocycles. The first-order valence-corrected chi connectivity index (χ1v) is 10.1. The van der Waals surface area contributed by atoms with E-state index in [9.17, 15) is 9.67 Å². The minimum atomic E-state index is -3.49. The molecule has 2 aromatic rings. The Morgan fingerprint density at radius 2 is 1.88 bits per heavy atom. The number of rotatable bonds is 8. The predicted octanol–water partition coefficient (Wildman–Crippen LogP) is 3.80. The number of aliphatic hydroxyl groups is 1. The van der Waals surface area contributed by atoms with E-state index in [1.807, 2.05) is 31.1 Å². The maximum absolute atomic E-state index is 13.7. The topological polar surface area (TPSA) is 62.7 Å². The summed E-state index contributed by atoms with van der Waals surface area (Å²) < 4.78 is 19.5. The number of aliphatic hydroxyl groups excluding tert-OH is 1. The summed E-state index contributed by atoms with van der Waals surface area (Å²) in [4.78, 5) is 5.98. The summed E-state index contributed by atoms with van der Waals surface area (Å²) in [5.74, 6) is -0.807. The first kappa shape index (κ1) is 19.6. The van der Waals surface area contributed by atoms with Gasteiger partial charge < -0.3 is 14.5 Å². The van der Waals surface area contributed by atoms with Gasteiger partial charge in [-0.1, -0.05) is 19.9 Å². The number of anilines is 1. The summed E-state index contributed by atoms with van der Waals surface area (Å²) in [6.07, 6.45) is 3.92. The molecule has 0 saturated heterocycles. The average Bonchev–Trinajstić information content (AvgIpc) is 2.61. The monoisotopic (exact) mass is 362 g/mol. The van der Waals surface area contributed by atoms with E-state index in [-0.39, 0.29) is 0 Å². The van der Waals surface area contributed by atoms with Gasteiger partial charge in [0.05, 0.1) is 6.61 Å². The second kappa shape index (κ2) is 8.61. The number of pyridine rings is 1. The summed E-state index contributed by atoms with van der Waals surface area (Å²) in [6.45, 7) is 4.50. The fraction of sp³-hybridized carbons (Fsp3) is 0.421. The Kier molecular flexibility index (Phi) is 6.77. The van der Waals surface area contributed by atoms with Crippen LogP contribution in [0, 0.1) is 5.92 Å². The zero-order chi connectivity index (χ0) is 18.4. The Morgan fingerprint density at radius 1 is 1.20 bits per heavy atom. The highest BCUT2D eigenvalue weighted by atomic mass is 31.2.